The van der Waals surface area contributed by atoms with Gasteiger partial charge in [-0.15, -0.1) is 0 Å². The first-order valence-electron chi connectivity index (χ1n) is 3.51. The van der Waals surface area contributed by atoms with Crippen molar-refractivity contribution in [3.05, 3.63) is 28.5 Å². The first-order chi connectivity index (χ1) is 6.06. The molecule has 0 amide bonds. The van der Waals surface area contributed by atoms with Gasteiger partial charge in [0.15, 0.2) is 0 Å². The third-order valence-corrected chi connectivity index (χ3v) is 1.97. The minimum atomic E-state index is -1.90. The van der Waals surface area contributed by atoms with E-state index in [1.54, 1.807) is 0 Å². The summed E-state index contributed by atoms with van der Waals surface area (Å²) in [5.74, 6) is -0.808. The van der Waals surface area contributed by atoms with E-state index in [0.717, 1.165) is 12.1 Å². The lowest BCUT2D eigenvalue weighted by molar-refractivity contribution is 0.282. The quantitative estimate of drug-likeness (QED) is 0.577. The Kier molecular flexibility index (Phi) is 3.27. The molecule has 0 heterocycles. The minimum absolute atomic E-state index is 0.0596. The average molecular weight is 204 g/mol. The van der Waals surface area contributed by atoms with Crippen molar-refractivity contribution in [1.82, 2.24) is 0 Å². The normalized spacial score (nSPS) is 10.2. The Morgan fingerprint density at radius 3 is 2.46 bits per heavy atom. The van der Waals surface area contributed by atoms with E-state index in [-0.39, 0.29) is 22.7 Å². The van der Waals surface area contributed by atoms with Gasteiger partial charge in [-0.2, -0.15) is 0 Å². The molecule has 6 heteroatoms. The van der Waals surface area contributed by atoms with E-state index in [4.69, 9.17) is 26.8 Å². The molecule has 0 spiro atoms. The number of hydrogen-bond acceptors (Lipinski definition) is 3. The molecule has 70 valence electrons. The monoisotopic (exact) mass is 204 g/mol. The summed E-state index contributed by atoms with van der Waals surface area (Å²) in [6, 6.07) is 2.05. The van der Waals surface area contributed by atoms with Crippen LogP contribution in [0.15, 0.2) is 12.1 Å². The average Bonchev–Trinajstić information content (AvgIpc) is 2.03. The van der Waals surface area contributed by atoms with Crippen LogP contribution in [0.4, 0.5) is 4.39 Å². The molecule has 3 nitrogen and oxygen atoms in total. The molecular formula is C7H7BClFO3. The zero-order chi connectivity index (χ0) is 10.0. The fourth-order valence-electron chi connectivity index (χ4n) is 0.932. The highest BCUT2D eigenvalue weighted by Crippen LogP contribution is 2.15. The zero-order valence-corrected chi connectivity index (χ0v) is 7.29. The van der Waals surface area contributed by atoms with E-state index in [1.165, 1.54) is 0 Å². The zero-order valence-electron chi connectivity index (χ0n) is 6.54. The van der Waals surface area contributed by atoms with E-state index in [1.807, 2.05) is 0 Å². The third-order valence-electron chi connectivity index (χ3n) is 1.61. The number of benzene rings is 1. The molecule has 1 aromatic carbocycles. The van der Waals surface area contributed by atoms with Crippen LogP contribution in [0.1, 0.15) is 5.56 Å². The Morgan fingerprint density at radius 1 is 1.38 bits per heavy atom. The first kappa shape index (κ1) is 10.5. The summed E-state index contributed by atoms with van der Waals surface area (Å²) in [4.78, 5) is 0. The van der Waals surface area contributed by atoms with E-state index in [0.29, 0.717) is 0 Å². The van der Waals surface area contributed by atoms with Crippen molar-refractivity contribution in [2.24, 2.45) is 0 Å². The second kappa shape index (κ2) is 4.06. The summed E-state index contributed by atoms with van der Waals surface area (Å²) < 4.78 is 12.9. The van der Waals surface area contributed by atoms with Crippen LogP contribution in [0.25, 0.3) is 0 Å². The molecule has 0 radical (unpaired) electrons. The second-order valence-electron chi connectivity index (χ2n) is 2.50. The van der Waals surface area contributed by atoms with Crippen molar-refractivity contribution >= 4 is 24.2 Å². The molecule has 13 heavy (non-hydrogen) atoms. The van der Waals surface area contributed by atoms with Crippen molar-refractivity contribution in [2.75, 3.05) is 0 Å². The lowest BCUT2D eigenvalue weighted by atomic mass is 9.79. The topological polar surface area (TPSA) is 60.7 Å². The van der Waals surface area contributed by atoms with Crippen LogP contribution < -0.4 is 5.46 Å². The maximum absolute atomic E-state index is 12.9. The second-order valence-corrected chi connectivity index (χ2v) is 2.90. The largest absolute Gasteiger partial charge is 0.491 e. The lowest BCUT2D eigenvalue weighted by Gasteiger charge is -2.05. The van der Waals surface area contributed by atoms with Gasteiger partial charge in [-0.05, 0) is 11.6 Å². The van der Waals surface area contributed by atoms with Crippen LogP contribution in [0.2, 0.25) is 5.02 Å². The standard InChI is InChI=1S/C7H7BClFO3/c9-6-2-7(10)5(8(12)13)1-4(6)3-11/h1-2,11-13H,3H2. The highest BCUT2D eigenvalue weighted by atomic mass is 35.5. The number of rotatable bonds is 2. The van der Waals surface area contributed by atoms with Gasteiger partial charge in [0.05, 0.1) is 6.61 Å². The van der Waals surface area contributed by atoms with Gasteiger partial charge in [0.1, 0.15) is 5.82 Å². The van der Waals surface area contributed by atoms with Gasteiger partial charge < -0.3 is 15.2 Å². The lowest BCUT2D eigenvalue weighted by Crippen LogP contribution is -2.33. The molecule has 1 aromatic rings. The van der Waals surface area contributed by atoms with E-state index < -0.39 is 12.9 Å². The maximum Gasteiger partial charge on any atom is 0.491 e. The molecule has 0 aliphatic heterocycles. The molecule has 0 atom stereocenters. The van der Waals surface area contributed by atoms with Gasteiger partial charge in [0.2, 0.25) is 0 Å². The fourth-order valence-corrected chi connectivity index (χ4v) is 1.14. The van der Waals surface area contributed by atoms with Crippen molar-refractivity contribution in [1.29, 1.82) is 0 Å². The summed E-state index contributed by atoms with van der Waals surface area (Å²) in [6.45, 7) is -0.376. The number of hydrogen-bond donors (Lipinski definition) is 3. The van der Waals surface area contributed by atoms with E-state index >= 15 is 0 Å². The molecule has 1 rings (SSSR count). The van der Waals surface area contributed by atoms with E-state index in [9.17, 15) is 4.39 Å². The number of aliphatic hydroxyl groups excluding tert-OH is 1. The van der Waals surface area contributed by atoms with E-state index in [2.05, 4.69) is 0 Å². The Bertz CT molecular complexity index is 319. The summed E-state index contributed by atoms with van der Waals surface area (Å²) in [5, 5.41) is 26.2. The Balaban J connectivity index is 3.22. The van der Waals surface area contributed by atoms with Crippen LogP contribution >= 0.6 is 11.6 Å². The third kappa shape index (κ3) is 2.19. The molecule has 0 bridgehead atoms. The molecule has 0 saturated carbocycles. The summed E-state index contributed by atoms with van der Waals surface area (Å²) in [6.07, 6.45) is 0. The molecule has 0 aliphatic carbocycles. The van der Waals surface area contributed by atoms with Gasteiger partial charge in [0, 0.05) is 10.5 Å². The van der Waals surface area contributed by atoms with Crippen molar-refractivity contribution < 1.29 is 19.5 Å². The summed E-state index contributed by atoms with van der Waals surface area (Å²) in [7, 11) is -1.90. The SMILES string of the molecule is OCc1cc(B(O)O)c(F)cc1Cl. The molecule has 0 aromatic heterocycles. The van der Waals surface area contributed by atoms with Gasteiger partial charge >= 0.3 is 7.12 Å². The first-order valence-corrected chi connectivity index (χ1v) is 3.89. The van der Waals surface area contributed by atoms with Crippen molar-refractivity contribution in [2.45, 2.75) is 6.61 Å². The molecule has 0 aliphatic rings. The predicted molar refractivity (Wildman–Crippen MR) is 47.2 cm³/mol. The highest BCUT2D eigenvalue weighted by molar-refractivity contribution is 6.58. The van der Waals surface area contributed by atoms with Gasteiger partial charge in [-0.25, -0.2) is 4.39 Å². The van der Waals surface area contributed by atoms with Gasteiger partial charge in [-0.3, -0.25) is 0 Å². The van der Waals surface area contributed by atoms with Crippen molar-refractivity contribution in [3.63, 3.8) is 0 Å². The van der Waals surface area contributed by atoms with Gasteiger partial charge in [0.25, 0.3) is 0 Å². The molecule has 0 fully saturated rings. The van der Waals surface area contributed by atoms with Crippen LogP contribution in [-0.4, -0.2) is 22.3 Å². The minimum Gasteiger partial charge on any atom is -0.423 e. The molecule has 0 saturated heterocycles. The van der Waals surface area contributed by atoms with Crippen LogP contribution in [0.5, 0.6) is 0 Å². The Morgan fingerprint density at radius 2 is 2.00 bits per heavy atom. The molecular weight excluding hydrogens is 197 g/mol. The molecule has 0 unspecified atom stereocenters. The van der Waals surface area contributed by atoms with Crippen LogP contribution in [-0.2, 0) is 6.61 Å². The number of halogens is 2. The smallest absolute Gasteiger partial charge is 0.423 e. The predicted octanol–water partition coefficient (Wildman–Crippen LogP) is -0.349. The van der Waals surface area contributed by atoms with Crippen LogP contribution in [0.3, 0.4) is 0 Å². The van der Waals surface area contributed by atoms with Crippen molar-refractivity contribution in [3.8, 4) is 0 Å². The fraction of sp³-hybridized carbons (Fsp3) is 0.143. The Labute approximate surface area is 79.5 Å². The Hall–Kier alpha value is -0.615. The summed E-state index contributed by atoms with van der Waals surface area (Å²) >= 11 is 5.54. The number of aliphatic hydroxyl groups is 1. The highest BCUT2D eigenvalue weighted by Gasteiger charge is 2.18. The van der Waals surface area contributed by atoms with Crippen LogP contribution in [0, 0.1) is 5.82 Å². The van der Waals surface area contributed by atoms with Gasteiger partial charge in [-0.1, -0.05) is 17.7 Å². The molecule has 3 N–H and O–H groups in total. The maximum atomic E-state index is 12.9. The summed E-state index contributed by atoms with van der Waals surface area (Å²) in [5.41, 5.74) is -0.0420.